The number of ether oxygens (including phenoxy) is 10. The van der Waals surface area contributed by atoms with E-state index in [-0.39, 0.29) is 17.8 Å². The van der Waals surface area contributed by atoms with Crippen molar-refractivity contribution in [1.29, 1.82) is 0 Å². The molecule has 0 aromatic rings. The zero-order valence-corrected chi connectivity index (χ0v) is 48.7. The van der Waals surface area contributed by atoms with Crippen molar-refractivity contribution in [1.82, 2.24) is 0 Å². The van der Waals surface area contributed by atoms with Crippen molar-refractivity contribution >= 4 is 17.9 Å². The van der Waals surface area contributed by atoms with Crippen LogP contribution in [-0.2, 0) is 61.8 Å². The van der Waals surface area contributed by atoms with Crippen molar-refractivity contribution in [2.75, 3.05) is 26.4 Å². The zero-order valence-electron chi connectivity index (χ0n) is 48.7. The number of carboxylic acid groups (broad SMARTS) is 2. The van der Waals surface area contributed by atoms with Gasteiger partial charge in [-0.3, -0.25) is 9.59 Å². The number of hydrogen-bond donors (Lipinski definition) is 15. The third-order valence-electron chi connectivity index (χ3n) is 22.5. The molecule has 15 N–H and O–H groups in total. The lowest BCUT2D eigenvalue weighted by Gasteiger charge is -2.71. The van der Waals surface area contributed by atoms with E-state index in [4.69, 9.17) is 47.4 Å². The molecule has 31 atom stereocenters. The number of allylic oxidation sites excluding steroid dienone is 2. The van der Waals surface area contributed by atoms with Crippen LogP contribution >= 0.6 is 0 Å². The fourth-order valence-corrected chi connectivity index (χ4v) is 17.2. The summed E-state index contributed by atoms with van der Waals surface area (Å²) in [6.45, 7) is 11.0. The standard InChI is InChI=1S/C57H88O28/c1-22-37(80-44-34(66)30(62)26(60)18-76-44)38(81-48-41(69)57(75,20-58)21-78-48)36(68)46(79-22)83-40-31(63)27(61)19-77-47(40)85-50(74)56-14-12-51(2,3)16-24(56)23-8-9-28-52(4)17-25(59)42(84-45-35(67)32(64)33(65)39(82-45)43(70)71)55(7,49(72)73)29(52)10-11-54(28,6)53(23,5)13-15-56/h8,22,24-42,44-48,58-69,75H,9-21H2,1-7H3,(H,70,71)(H,72,73). The van der Waals surface area contributed by atoms with E-state index in [0.29, 0.717) is 51.4 Å². The Balaban J connectivity index is 0.907. The second kappa shape index (κ2) is 23.2. The van der Waals surface area contributed by atoms with Gasteiger partial charge in [0.1, 0.15) is 85.0 Å². The summed E-state index contributed by atoms with van der Waals surface area (Å²) in [4.78, 5) is 41.3. The summed E-state index contributed by atoms with van der Waals surface area (Å²) in [5.41, 5.74) is -6.49. The van der Waals surface area contributed by atoms with Crippen molar-refractivity contribution in [3.8, 4) is 0 Å². The molecule has 5 heterocycles. The number of hydrogen-bond acceptors (Lipinski definition) is 26. The molecule has 0 bridgehead atoms. The van der Waals surface area contributed by atoms with Crippen LogP contribution in [0.4, 0.5) is 0 Å². The molecule has 0 radical (unpaired) electrons. The zero-order chi connectivity index (χ0) is 62.2. The van der Waals surface area contributed by atoms with E-state index < -0.39 is 224 Å². The Morgan fingerprint density at radius 2 is 1.22 bits per heavy atom. The average molecular weight is 1220 g/mol. The molecule has 0 aromatic heterocycles. The van der Waals surface area contributed by atoms with Gasteiger partial charge in [-0.25, -0.2) is 4.79 Å². The number of aliphatic carboxylic acids is 2. The SMILES string of the molecule is CC1OC(OC2C(OC(=O)C34CCC(C)(C)CC3C3=CCC5C6(C)CC(O)C(OC7OC(C(=O)O)C(O)C(O)C7O)C(C)(C(=O)O)C6CCC5(C)C3(C)CC4)OCC(O)C2O)C(O)C(OC2OCC(O)(CO)C2O)C1OC1OCC(O)C(O)C1O. The van der Waals surface area contributed by atoms with Gasteiger partial charge in [-0.05, 0) is 111 Å². The predicted molar refractivity (Wildman–Crippen MR) is 280 cm³/mol. The maximum absolute atomic E-state index is 15.5. The molecule has 0 amide bonds. The number of rotatable bonds is 13. The first kappa shape index (κ1) is 65.2. The number of aliphatic hydroxyl groups excluding tert-OH is 12. The van der Waals surface area contributed by atoms with E-state index in [0.717, 1.165) is 5.57 Å². The third kappa shape index (κ3) is 10.5. The van der Waals surface area contributed by atoms with Crippen molar-refractivity contribution in [2.45, 2.75) is 247 Å². The Labute approximate surface area is 490 Å². The molecule has 85 heavy (non-hydrogen) atoms. The van der Waals surface area contributed by atoms with Gasteiger partial charge in [0.25, 0.3) is 0 Å². The molecule has 28 nitrogen and oxygen atoms in total. The van der Waals surface area contributed by atoms with Gasteiger partial charge in [-0.2, -0.15) is 0 Å². The lowest BCUT2D eigenvalue weighted by molar-refractivity contribution is -0.381. The summed E-state index contributed by atoms with van der Waals surface area (Å²) < 4.78 is 59.3. The van der Waals surface area contributed by atoms with Crippen molar-refractivity contribution in [2.24, 2.45) is 50.2 Å². The fourth-order valence-electron chi connectivity index (χ4n) is 17.2. The van der Waals surface area contributed by atoms with E-state index >= 15 is 4.79 Å². The minimum absolute atomic E-state index is 0.0339. The van der Waals surface area contributed by atoms with E-state index in [9.17, 15) is 86.2 Å². The molecule has 0 aromatic carbocycles. The molecular formula is C57H88O28. The van der Waals surface area contributed by atoms with Crippen molar-refractivity contribution in [3.63, 3.8) is 0 Å². The molecule has 5 aliphatic heterocycles. The summed E-state index contributed by atoms with van der Waals surface area (Å²) in [5.74, 6) is -4.95. The van der Waals surface area contributed by atoms with Crippen LogP contribution in [0.3, 0.4) is 0 Å². The quantitative estimate of drug-likeness (QED) is 0.0492. The van der Waals surface area contributed by atoms with Gasteiger partial charge in [0, 0.05) is 0 Å². The maximum Gasteiger partial charge on any atom is 0.335 e. The van der Waals surface area contributed by atoms with Gasteiger partial charge in [-0.1, -0.05) is 46.3 Å². The summed E-state index contributed by atoms with van der Waals surface area (Å²) in [6, 6.07) is 0. The minimum Gasteiger partial charge on any atom is -0.481 e. The number of fused-ring (bicyclic) bond motifs is 7. The lowest BCUT2D eigenvalue weighted by Crippen LogP contribution is -2.70. The van der Waals surface area contributed by atoms with Crippen molar-refractivity contribution in [3.05, 3.63) is 11.6 Å². The summed E-state index contributed by atoms with van der Waals surface area (Å²) in [5, 5.41) is 163. The first-order valence-corrected chi connectivity index (χ1v) is 29.6. The average Bonchev–Trinajstić information content (AvgIpc) is 1.01. The van der Waals surface area contributed by atoms with Crippen LogP contribution < -0.4 is 0 Å². The first-order chi connectivity index (χ1) is 39.6. The van der Waals surface area contributed by atoms with Crippen LogP contribution in [0.1, 0.15) is 106 Å². The lowest BCUT2D eigenvalue weighted by atomic mass is 9.33. The molecule has 0 spiro atoms. The Bertz CT molecular complexity index is 2500. The largest absolute Gasteiger partial charge is 0.481 e. The number of carboxylic acids is 2. The fraction of sp³-hybridized carbons (Fsp3) is 0.912. The number of esters is 1. The van der Waals surface area contributed by atoms with E-state index in [1.807, 2.05) is 6.92 Å². The topological polar surface area (TPSA) is 447 Å². The van der Waals surface area contributed by atoms with Gasteiger partial charge >= 0.3 is 17.9 Å². The Hall–Kier alpha value is -2.73. The molecule has 31 unspecified atom stereocenters. The summed E-state index contributed by atoms with van der Waals surface area (Å²) in [7, 11) is 0. The van der Waals surface area contributed by atoms with E-state index in [1.54, 1.807) is 0 Å². The predicted octanol–water partition coefficient (Wildman–Crippen LogP) is -3.14. The highest BCUT2D eigenvalue weighted by Crippen LogP contribution is 2.76. The van der Waals surface area contributed by atoms with Gasteiger partial charge in [0.05, 0.1) is 49.5 Å². The van der Waals surface area contributed by atoms with Crippen LogP contribution in [0.2, 0.25) is 0 Å². The third-order valence-corrected chi connectivity index (χ3v) is 22.5. The molecule has 5 aliphatic carbocycles. The molecule has 9 fully saturated rings. The Kier molecular flexibility index (Phi) is 17.8. The normalized spacial score (nSPS) is 54.1. The molecule has 5 saturated heterocycles. The number of carbonyl (C=O) groups excluding carboxylic acids is 1. The van der Waals surface area contributed by atoms with Crippen LogP contribution in [0, 0.1) is 50.2 Å². The molecular weight excluding hydrogens is 1130 g/mol. The highest BCUT2D eigenvalue weighted by atomic mass is 16.8. The highest BCUT2D eigenvalue weighted by molar-refractivity contribution is 5.79. The smallest absolute Gasteiger partial charge is 0.335 e. The van der Waals surface area contributed by atoms with Gasteiger partial charge in [0.2, 0.25) is 6.29 Å². The second-order valence-electron chi connectivity index (χ2n) is 27.8. The number of aliphatic hydroxyl groups is 13. The monoisotopic (exact) mass is 1220 g/mol. The summed E-state index contributed by atoms with van der Waals surface area (Å²) in [6.07, 6.45) is -32.6. The van der Waals surface area contributed by atoms with Gasteiger partial charge in [0.15, 0.2) is 37.4 Å². The molecule has 4 saturated carbocycles. The maximum atomic E-state index is 15.5. The van der Waals surface area contributed by atoms with E-state index in [1.165, 1.54) is 13.8 Å². The number of carbonyl (C=O) groups is 3. The van der Waals surface area contributed by atoms with Gasteiger partial charge in [-0.15, -0.1) is 0 Å². The molecule has 28 heteroatoms. The summed E-state index contributed by atoms with van der Waals surface area (Å²) >= 11 is 0. The molecule has 484 valence electrons. The molecule has 10 rings (SSSR count). The van der Waals surface area contributed by atoms with E-state index in [2.05, 4.69) is 33.8 Å². The first-order valence-electron chi connectivity index (χ1n) is 29.6. The van der Waals surface area contributed by atoms with Crippen LogP contribution in [0.25, 0.3) is 0 Å². The van der Waals surface area contributed by atoms with Crippen LogP contribution in [0.15, 0.2) is 11.6 Å². The molecule has 10 aliphatic rings. The minimum atomic E-state index is -2.18. The van der Waals surface area contributed by atoms with Crippen molar-refractivity contribution < 1.29 is 138 Å². The highest BCUT2D eigenvalue weighted by Gasteiger charge is 2.73. The second-order valence-corrected chi connectivity index (χ2v) is 27.8. The Morgan fingerprint density at radius 1 is 0.612 bits per heavy atom. The van der Waals surface area contributed by atoms with Crippen LogP contribution in [0.5, 0.6) is 0 Å². The van der Waals surface area contributed by atoms with Crippen LogP contribution in [-0.4, -0.2) is 262 Å². The van der Waals surface area contributed by atoms with Gasteiger partial charge < -0.3 is 124 Å². The Morgan fingerprint density at radius 3 is 1.87 bits per heavy atom.